The van der Waals surface area contributed by atoms with E-state index in [-0.39, 0.29) is 11.6 Å². The minimum atomic E-state index is -0.421. The number of carbonyl (C=O) groups excluding carboxylic acids is 1. The van der Waals surface area contributed by atoms with Crippen molar-refractivity contribution in [3.05, 3.63) is 83.7 Å². The molecule has 0 spiro atoms. The van der Waals surface area contributed by atoms with Gasteiger partial charge in [0.05, 0.1) is 17.2 Å². The van der Waals surface area contributed by atoms with Crippen LogP contribution in [0, 0.1) is 11.3 Å². The molecule has 1 unspecified atom stereocenters. The number of nitrogens with one attached hydrogen (secondary N) is 2. The lowest BCUT2D eigenvalue weighted by atomic mass is 10.0. The highest BCUT2D eigenvalue weighted by Crippen LogP contribution is 2.21. The average molecular weight is 370 g/mol. The summed E-state index contributed by atoms with van der Waals surface area (Å²) in [5.41, 5.74) is 3.76. The molecule has 0 aliphatic heterocycles. The van der Waals surface area contributed by atoms with E-state index in [4.69, 9.17) is 0 Å². The van der Waals surface area contributed by atoms with Crippen LogP contribution in [0.5, 0.6) is 0 Å². The van der Waals surface area contributed by atoms with Crippen LogP contribution in [0.4, 0.5) is 5.69 Å². The van der Waals surface area contributed by atoms with Crippen LogP contribution >= 0.6 is 0 Å². The van der Waals surface area contributed by atoms with Gasteiger partial charge in [0.25, 0.3) is 5.91 Å². The molecule has 5 nitrogen and oxygen atoms in total. The topological polar surface area (TPSA) is 77.8 Å². The maximum atomic E-state index is 12.5. The number of aryl methyl sites for hydroxylation is 1. The van der Waals surface area contributed by atoms with Crippen LogP contribution in [-0.2, 0) is 11.2 Å². The molecule has 0 fully saturated rings. The Bertz CT molecular complexity index is 1040. The van der Waals surface area contributed by atoms with E-state index in [1.807, 2.05) is 67.6 Å². The second-order valence-corrected chi connectivity index (χ2v) is 6.49. The Morgan fingerprint density at radius 2 is 1.93 bits per heavy atom. The number of aromatic nitrogens is 1. The Labute approximate surface area is 164 Å². The number of hydrogen-bond donors (Lipinski definition) is 2. The number of fused-ring (bicyclic) bond motifs is 1. The van der Waals surface area contributed by atoms with Gasteiger partial charge in [0, 0.05) is 17.8 Å². The first kappa shape index (κ1) is 19.1. The molecule has 2 aromatic carbocycles. The summed E-state index contributed by atoms with van der Waals surface area (Å²) in [6, 6.07) is 19.4. The van der Waals surface area contributed by atoms with Gasteiger partial charge in [-0.15, -0.1) is 0 Å². The molecule has 0 saturated heterocycles. The molecule has 0 aliphatic carbocycles. The molecule has 140 valence electrons. The number of rotatable bonds is 6. The third-order valence-electron chi connectivity index (χ3n) is 4.61. The van der Waals surface area contributed by atoms with Gasteiger partial charge < -0.3 is 10.6 Å². The predicted molar refractivity (Wildman–Crippen MR) is 111 cm³/mol. The Morgan fingerprint density at radius 3 is 2.64 bits per heavy atom. The predicted octanol–water partition coefficient (Wildman–Crippen LogP) is 4.49. The number of carbonyl (C=O) groups is 1. The number of nitrogens with zero attached hydrogens (tertiary/aromatic N) is 2. The van der Waals surface area contributed by atoms with Crippen LogP contribution in [0.1, 0.15) is 31.0 Å². The summed E-state index contributed by atoms with van der Waals surface area (Å²) in [6.45, 7) is 4.00. The van der Waals surface area contributed by atoms with Gasteiger partial charge in [-0.05, 0) is 36.6 Å². The number of nitriles is 1. The normalized spacial score (nSPS) is 12.2. The van der Waals surface area contributed by atoms with Gasteiger partial charge >= 0.3 is 0 Å². The van der Waals surface area contributed by atoms with E-state index in [9.17, 15) is 10.1 Å². The van der Waals surface area contributed by atoms with Gasteiger partial charge in [-0.25, -0.2) is 0 Å². The maximum Gasteiger partial charge on any atom is 0.263 e. The smallest absolute Gasteiger partial charge is 0.263 e. The van der Waals surface area contributed by atoms with Crippen molar-refractivity contribution in [1.82, 2.24) is 10.3 Å². The van der Waals surface area contributed by atoms with Crippen molar-refractivity contribution >= 4 is 22.5 Å². The monoisotopic (exact) mass is 370 g/mol. The van der Waals surface area contributed by atoms with Crippen molar-refractivity contribution in [2.45, 2.75) is 26.3 Å². The molecule has 0 saturated carbocycles. The summed E-state index contributed by atoms with van der Waals surface area (Å²) < 4.78 is 0. The van der Waals surface area contributed by atoms with Crippen molar-refractivity contribution in [3.63, 3.8) is 0 Å². The van der Waals surface area contributed by atoms with Crippen LogP contribution in [0.2, 0.25) is 0 Å². The zero-order valence-electron chi connectivity index (χ0n) is 15.9. The largest absolute Gasteiger partial charge is 0.358 e. The van der Waals surface area contributed by atoms with Gasteiger partial charge in [-0.1, -0.05) is 49.4 Å². The lowest BCUT2D eigenvalue weighted by Gasteiger charge is -2.14. The molecule has 3 aromatic rings. The highest BCUT2D eigenvalue weighted by molar-refractivity contribution is 5.98. The summed E-state index contributed by atoms with van der Waals surface area (Å²) in [6.07, 6.45) is 4.10. The Balaban J connectivity index is 1.72. The van der Waals surface area contributed by atoms with Crippen molar-refractivity contribution in [2.24, 2.45) is 0 Å². The molecule has 3 rings (SSSR count). The van der Waals surface area contributed by atoms with Crippen molar-refractivity contribution < 1.29 is 4.79 Å². The molecule has 28 heavy (non-hydrogen) atoms. The van der Waals surface area contributed by atoms with Gasteiger partial charge in [0.2, 0.25) is 0 Å². The molecule has 1 amide bonds. The number of hydrogen-bond acceptors (Lipinski definition) is 4. The van der Waals surface area contributed by atoms with Gasteiger partial charge in [0.15, 0.2) is 0 Å². The molecular weight excluding hydrogens is 348 g/mol. The van der Waals surface area contributed by atoms with Crippen LogP contribution < -0.4 is 10.6 Å². The number of para-hydroxylation sites is 1. The maximum absolute atomic E-state index is 12.5. The Kier molecular flexibility index (Phi) is 6.03. The fourth-order valence-corrected chi connectivity index (χ4v) is 2.92. The van der Waals surface area contributed by atoms with Gasteiger partial charge in [-0.3, -0.25) is 9.78 Å². The first-order chi connectivity index (χ1) is 13.6. The number of pyridine rings is 1. The molecule has 0 bridgehead atoms. The van der Waals surface area contributed by atoms with Crippen LogP contribution in [0.15, 0.2) is 72.6 Å². The molecular formula is C23H22N4O. The number of anilines is 1. The van der Waals surface area contributed by atoms with E-state index >= 15 is 0 Å². The van der Waals surface area contributed by atoms with Crippen molar-refractivity contribution in [2.75, 3.05) is 5.32 Å². The molecule has 5 heteroatoms. The minimum Gasteiger partial charge on any atom is -0.358 e. The standard InChI is InChI=1S/C23H22N4O/c1-3-17-9-11-18(12-10-17)16(2)27-23(28)20(14-24)15-26-21-8-4-6-19-7-5-13-25-22(19)21/h4-13,15-16,26H,3H2,1-2H3,(H,27,28)/b20-15-. The second kappa shape index (κ2) is 8.83. The summed E-state index contributed by atoms with van der Waals surface area (Å²) in [5, 5.41) is 16.3. The first-order valence-electron chi connectivity index (χ1n) is 9.22. The zero-order chi connectivity index (χ0) is 19.9. The molecule has 2 N–H and O–H groups in total. The second-order valence-electron chi connectivity index (χ2n) is 6.49. The SMILES string of the molecule is CCc1ccc(C(C)NC(=O)/C(C#N)=C\Nc2cccc3cccnc23)cc1. The third-order valence-corrected chi connectivity index (χ3v) is 4.61. The average Bonchev–Trinajstić information content (AvgIpc) is 2.74. The highest BCUT2D eigenvalue weighted by atomic mass is 16.1. The van der Waals surface area contributed by atoms with Crippen molar-refractivity contribution in [3.8, 4) is 6.07 Å². The summed E-state index contributed by atoms with van der Waals surface area (Å²) >= 11 is 0. The summed E-state index contributed by atoms with van der Waals surface area (Å²) in [5.74, 6) is -0.421. The van der Waals surface area contributed by atoms with E-state index in [1.54, 1.807) is 6.20 Å². The lowest BCUT2D eigenvalue weighted by molar-refractivity contribution is -0.117. The van der Waals surface area contributed by atoms with E-state index in [0.717, 1.165) is 28.6 Å². The highest BCUT2D eigenvalue weighted by Gasteiger charge is 2.14. The van der Waals surface area contributed by atoms with Crippen LogP contribution in [0.25, 0.3) is 10.9 Å². The van der Waals surface area contributed by atoms with Crippen LogP contribution in [0.3, 0.4) is 0 Å². The summed E-state index contributed by atoms with van der Waals surface area (Å²) in [4.78, 5) is 16.9. The Hall–Kier alpha value is -3.65. The fourth-order valence-electron chi connectivity index (χ4n) is 2.92. The molecule has 0 radical (unpaired) electrons. The zero-order valence-corrected chi connectivity index (χ0v) is 15.9. The summed E-state index contributed by atoms with van der Waals surface area (Å²) in [7, 11) is 0. The first-order valence-corrected chi connectivity index (χ1v) is 9.22. The molecule has 1 atom stereocenters. The fraction of sp³-hybridized carbons (Fsp3) is 0.174. The van der Waals surface area contributed by atoms with Gasteiger partial charge in [-0.2, -0.15) is 5.26 Å². The molecule has 0 aliphatic rings. The third kappa shape index (κ3) is 4.36. The van der Waals surface area contributed by atoms with E-state index < -0.39 is 5.91 Å². The molecule has 1 heterocycles. The quantitative estimate of drug-likeness (QED) is 0.495. The van der Waals surface area contributed by atoms with Crippen molar-refractivity contribution in [1.29, 1.82) is 5.26 Å². The van der Waals surface area contributed by atoms with E-state index in [2.05, 4.69) is 22.5 Å². The van der Waals surface area contributed by atoms with Gasteiger partial charge in [0.1, 0.15) is 11.6 Å². The Morgan fingerprint density at radius 1 is 1.18 bits per heavy atom. The van der Waals surface area contributed by atoms with E-state index in [1.165, 1.54) is 11.8 Å². The number of amides is 1. The van der Waals surface area contributed by atoms with Crippen LogP contribution in [-0.4, -0.2) is 10.9 Å². The molecule has 1 aromatic heterocycles. The lowest BCUT2D eigenvalue weighted by Crippen LogP contribution is -2.28. The minimum absolute atomic E-state index is 0.00459. The number of benzene rings is 2. The van der Waals surface area contributed by atoms with E-state index in [0.29, 0.717) is 0 Å².